The molecule has 1 aliphatic carbocycles. The second kappa shape index (κ2) is 7.14. The maximum Gasteiger partial charge on any atom is 0.240 e. The Morgan fingerprint density at radius 2 is 1.89 bits per heavy atom. The Bertz CT molecular complexity index is 1100. The zero-order valence-corrected chi connectivity index (χ0v) is 16.7. The number of rotatable bonds is 5. The van der Waals surface area contributed by atoms with Crippen molar-refractivity contribution < 1.29 is 26.4 Å². The van der Waals surface area contributed by atoms with Crippen LogP contribution in [0.5, 0.6) is 0 Å². The molecule has 0 amide bonds. The molecule has 0 radical (unpaired) electrons. The van der Waals surface area contributed by atoms with Crippen LogP contribution in [0.1, 0.15) is 23.3 Å². The van der Waals surface area contributed by atoms with Crippen LogP contribution in [0.2, 0.25) is 0 Å². The minimum Gasteiger partial charge on any atom is -0.468 e. The molecular formula is C19H21NO6S2. The van der Waals surface area contributed by atoms with Crippen LogP contribution in [-0.4, -0.2) is 49.9 Å². The van der Waals surface area contributed by atoms with E-state index in [2.05, 4.69) is 0 Å². The molecule has 0 saturated carbocycles. The van der Waals surface area contributed by atoms with E-state index in [1.165, 1.54) is 6.26 Å². The van der Waals surface area contributed by atoms with Gasteiger partial charge in [-0.1, -0.05) is 24.3 Å². The largest absolute Gasteiger partial charge is 0.468 e. The molecule has 7 nitrogen and oxygen atoms in total. The zero-order valence-electron chi connectivity index (χ0n) is 15.1. The van der Waals surface area contributed by atoms with Crippen molar-refractivity contribution in [1.82, 2.24) is 4.31 Å². The lowest BCUT2D eigenvalue weighted by Crippen LogP contribution is -2.46. The van der Waals surface area contributed by atoms with Gasteiger partial charge in [0.05, 0.1) is 41.4 Å². The standard InChI is InChI=1S/C19H21NO6S2/c21-19-13-27(22,23)12-18(19)20(11-16-6-3-9-26-16)28(24,25)17-8-7-14-4-1-2-5-15(14)10-17/h1-6,9-10,18-19,21H,7-8,11-13H2. The Morgan fingerprint density at radius 3 is 2.57 bits per heavy atom. The number of furan rings is 1. The molecule has 2 aliphatic rings. The summed E-state index contributed by atoms with van der Waals surface area (Å²) in [7, 11) is -7.51. The fourth-order valence-corrected chi connectivity index (χ4v) is 7.48. The number of aliphatic hydroxyl groups is 1. The van der Waals surface area contributed by atoms with Gasteiger partial charge in [-0.3, -0.25) is 0 Å². The first kappa shape index (κ1) is 19.4. The number of fused-ring (bicyclic) bond motifs is 1. The predicted molar refractivity (Wildman–Crippen MR) is 104 cm³/mol. The van der Waals surface area contributed by atoms with Gasteiger partial charge in [-0.15, -0.1) is 0 Å². The molecule has 2 aromatic rings. The van der Waals surface area contributed by atoms with Crippen LogP contribution in [-0.2, 0) is 32.8 Å². The molecular weight excluding hydrogens is 402 g/mol. The number of aryl methyl sites for hydroxylation is 1. The van der Waals surface area contributed by atoms with Crippen molar-refractivity contribution in [3.63, 3.8) is 0 Å². The molecule has 2 unspecified atom stereocenters. The summed E-state index contributed by atoms with van der Waals surface area (Å²) in [4.78, 5) is 0.217. The maximum atomic E-state index is 13.5. The Balaban J connectivity index is 1.74. The third-order valence-electron chi connectivity index (χ3n) is 5.21. The van der Waals surface area contributed by atoms with Crippen LogP contribution in [0.4, 0.5) is 0 Å². The van der Waals surface area contributed by atoms with Gasteiger partial charge in [0.1, 0.15) is 5.76 Å². The highest BCUT2D eigenvalue weighted by molar-refractivity contribution is 7.93. The number of nitrogens with zero attached hydrogens (tertiary/aromatic N) is 1. The van der Waals surface area contributed by atoms with Gasteiger partial charge in [-0.05, 0) is 42.2 Å². The lowest BCUT2D eigenvalue weighted by Gasteiger charge is -2.30. The number of benzene rings is 1. The third-order valence-corrected chi connectivity index (χ3v) is 8.91. The number of hydrogen-bond acceptors (Lipinski definition) is 6. The van der Waals surface area contributed by atoms with Crippen molar-refractivity contribution in [2.24, 2.45) is 0 Å². The van der Waals surface area contributed by atoms with E-state index < -0.39 is 43.5 Å². The quantitative estimate of drug-likeness (QED) is 0.783. The first-order valence-corrected chi connectivity index (χ1v) is 12.2. The highest BCUT2D eigenvalue weighted by Gasteiger charge is 2.45. The van der Waals surface area contributed by atoms with Crippen molar-refractivity contribution in [3.05, 3.63) is 64.5 Å². The van der Waals surface area contributed by atoms with Gasteiger partial charge >= 0.3 is 0 Å². The number of sulfone groups is 1. The highest BCUT2D eigenvalue weighted by Crippen LogP contribution is 2.33. The normalized spacial score (nSPS) is 24.1. The molecule has 1 aromatic heterocycles. The summed E-state index contributed by atoms with van der Waals surface area (Å²) in [6.07, 6.45) is 2.70. The van der Waals surface area contributed by atoms with E-state index in [-0.39, 0.29) is 11.4 Å². The molecule has 1 fully saturated rings. The lowest BCUT2D eigenvalue weighted by atomic mass is 9.98. The Kier molecular flexibility index (Phi) is 4.95. The van der Waals surface area contributed by atoms with Crippen LogP contribution in [0.15, 0.2) is 52.0 Å². The van der Waals surface area contributed by atoms with Crippen LogP contribution in [0.25, 0.3) is 6.08 Å². The Morgan fingerprint density at radius 1 is 1.11 bits per heavy atom. The van der Waals surface area contributed by atoms with E-state index in [1.807, 2.05) is 24.3 Å². The molecule has 150 valence electrons. The van der Waals surface area contributed by atoms with E-state index in [1.54, 1.807) is 18.2 Å². The number of hydrogen-bond donors (Lipinski definition) is 1. The van der Waals surface area contributed by atoms with E-state index in [4.69, 9.17) is 4.42 Å². The van der Waals surface area contributed by atoms with Crippen molar-refractivity contribution in [1.29, 1.82) is 0 Å². The summed E-state index contributed by atoms with van der Waals surface area (Å²) in [5, 5.41) is 10.3. The minimum absolute atomic E-state index is 0.133. The fourth-order valence-electron chi connectivity index (χ4n) is 3.78. The maximum absolute atomic E-state index is 13.5. The molecule has 1 N–H and O–H groups in total. The van der Waals surface area contributed by atoms with E-state index in [0.29, 0.717) is 18.6 Å². The summed E-state index contributed by atoms with van der Waals surface area (Å²) in [5.74, 6) is -0.460. The van der Waals surface area contributed by atoms with Gasteiger partial charge in [-0.25, -0.2) is 16.8 Å². The van der Waals surface area contributed by atoms with Gasteiger partial charge in [0.15, 0.2) is 9.84 Å². The first-order valence-electron chi connectivity index (χ1n) is 8.97. The summed E-state index contributed by atoms with van der Waals surface area (Å²) in [6.45, 7) is -0.133. The molecule has 1 aromatic carbocycles. The molecule has 2 atom stereocenters. The van der Waals surface area contributed by atoms with E-state index >= 15 is 0 Å². The third kappa shape index (κ3) is 3.67. The van der Waals surface area contributed by atoms with Crippen LogP contribution >= 0.6 is 0 Å². The molecule has 4 rings (SSSR count). The average Bonchev–Trinajstić information content (AvgIpc) is 3.25. The van der Waals surface area contributed by atoms with Gasteiger partial charge < -0.3 is 9.52 Å². The van der Waals surface area contributed by atoms with Crippen LogP contribution in [0, 0.1) is 0 Å². The van der Waals surface area contributed by atoms with Crippen LogP contribution < -0.4 is 0 Å². The van der Waals surface area contributed by atoms with Crippen molar-refractivity contribution in [3.8, 4) is 0 Å². The van der Waals surface area contributed by atoms with Gasteiger partial charge in [0.2, 0.25) is 10.0 Å². The lowest BCUT2D eigenvalue weighted by molar-refractivity contribution is 0.122. The fraction of sp³-hybridized carbons (Fsp3) is 0.368. The van der Waals surface area contributed by atoms with Crippen molar-refractivity contribution >= 4 is 25.9 Å². The van der Waals surface area contributed by atoms with E-state index in [9.17, 15) is 21.9 Å². The minimum atomic E-state index is -4.00. The van der Waals surface area contributed by atoms with Crippen LogP contribution in [0.3, 0.4) is 0 Å². The number of aliphatic hydroxyl groups excluding tert-OH is 1. The van der Waals surface area contributed by atoms with Gasteiger partial charge in [0, 0.05) is 0 Å². The molecule has 28 heavy (non-hydrogen) atoms. The van der Waals surface area contributed by atoms with E-state index in [0.717, 1.165) is 15.4 Å². The average molecular weight is 424 g/mol. The predicted octanol–water partition coefficient (Wildman–Crippen LogP) is 1.56. The van der Waals surface area contributed by atoms with Gasteiger partial charge in [0.25, 0.3) is 0 Å². The molecule has 0 bridgehead atoms. The molecule has 9 heteroatoms. The smallest absolute Gasteiger partial charge is 0.240 e. The monoisotopic (exact) mass is 423 g/mol. The van der Waals surface area contributed by atoms with Crippen molar-refractivity contribution in [2.45, 2.75) is 31.5 Å². The molecule has 2 heterocycles. The first-order chi connectivity index (χ1) is 13.3. The Hall–Kier alpha value is -1.94. The second-order valence-electron chi connectivity index (χ2n) is 7.15. The molecule has 1 aliphatic heterocycles. The molecule has 1 saturated heterocycles. The summed E-state index contributed by atoms with van der Waals surface area (Å²) in [6, 6.07) is 9.80. The topological polar surface area (TPSA) is 105 Å². The summed E-state index contributed by atoms with van der Waals surface area (Å²) >= 11 is 0. The second-order valence-corrected chi connectivity index (χ2v) is 11.2. The zero-order chi connectivity index (χ0) is 19.9. The summed E-state index contributed by atoms with van der Waals surface area (Å²) in [5.41, 5.74) is 1.91. The van der Waals surface area contributed by atoms with Crippen molar-refractivity contribution in [2.75, 3.05) is 11.5 Å². The molecule has 0 spiro atoms. The van der Waals surface area contributed by atoms with Gasteiger partial charge in [-0.2, -0.15) is 4.31 Å². The SMILES string of the molecule is O=S1(=O)CC(O)C(N(Cc2ccco2)S(=O)(=O)C2=Cc3ccccc3CC2)C1. The summed E-state index contributed by atoms with van der Waals surface area (Å²) < 4.78 is 57.3. The Labute approximate surface area is 164 Å². The number of sulfonamides is 1. The highest BCUT2D eigenvalue weighted by atomic mass is 32.2. The number of allylic oxidation sites excluding steroid dienone is 1.